The van der Waals surface area contributed by atoms with E-state index in [9.17, 15) is 4.79 Å². The van der Waals surface area contributed by atoms with Gasteiger partial charge in [-0.15, -0.1) is 17.8 Å². The molecule has 0 radical (unpaired) electrons. The SMILES string of the molecule is C#CCN1CCN(C(=O)c2sccc2N)CC1. The monoisotopic (exact) mass is 249 g/mol. The third-order valence-electron chi connectivity index (χ3n) is 2.86. The maximum atomic E-state index is 12.1. The van der Waals surface area contributed by atoms with Gasteiger partial charge in [-0.3, -0.25) is 9.69 Å². The largest absolute Gasteiger partial charge is 0.397 e. The molecule has 2 rings (SSSR count). The number of amides is 1. The van der Waals surface area contributed by atoms with Crippen LogP contribution in [-0.2, 0) is 0 Å². The minimum atomic E-state index is 0.0397. The first kappa shape index (κ1) is 12.0. The molecule has 90 valence electrons. The molecule has 17 heavy (non-hydrogen) atoms. The molecule has 2 heterocycles. The van der Waals surface area contributed by atoms with Crippen LogP contribution in [0, 0.1) is 12.3 Å². The van der Waals surface area contributed by atoms with Crippen molar-refractivity contribution in [3.05, 3.63) is 16.3 Å². The molecule has 0 aliphatic carbocycles. The molecular weight excluding hydrogens is 234 g/mol. The van der Waals surface area contributed by atoms with Gasteiger partial charge in [-0.1, -0.05) is 5.92 Å². The Kier molecular flexibility index (Phi) is 3.67. The highest BCUT2D eigenvalue weighted by Crippen LogP contribution is 2.21. The predicted octanol–water partition coefficient (Wildman–Crippen LogP) is 0.721. The van der Waals surface area contributed by atoms with Gasteiger partial charge in [0.25, 0.3) is 5.91 Å². The number of nitrogen functional groups attached to an aromatic ring is 1. The van der Waals surface area contributed by atoms with Crippen LogP contribution in [0.1, 0.15) is 9.67 Å². The molecule has 0 atom stereocenters. The Bertz CT molecular complexity index is 441. The molecule has 1 fully saturated rings. The Hall–Kier alpha value is -1.51. The summed E-state index contributed by atoms with van der Waals surface area (Å²) >= 11 is 1.40. The van der Waals surface area contributed by atoms with Crippen molar-refractivity contribution >= 4 is 22.9 Å². The van der Waals surface area contributed by atoms with Gasteiger partial charge < -0.3 is 10.6 Å². The second-order valence-electron chi connectivity index (χ2n) is 3.98. The van der Waals surface area contributed by atoms with Crippen molar-refractivity contribution in [2.24, 2.45) is 0 Å². The molecule has 0 saturated carbocycles. The van der Waals surface area contributed by atoms with Crippen LogP contribution in [0.3, 0.4) is 0 Å². The number of nitrogens with zero attached hydrogens (tertiary/aromatic N) is 2. The van der Waals surface area contributed by atoms with E-state index in [1.165, 1.54) is 11.3 Å². The summed E-state index contributed by atoms with van der Waals surface area (Å²) in [7, 11) is 0. The number of rotatable bonds is 2. The van der Waals surface area contributed by atoms with Crippen LogP contribution < -0.4 is 5.73 Å². The molecule has 1 aliphatic rings. The Morgan fingerprint density at radius 2 is 2.18 bits per heavy atom. The van der Waals surface area contributed by atoms with Crippen LogP contribution in [0.25, 0.3) is 0 Å². The van der Waals surface area contributed by atoms with Gasteiger partial charge in [0.15, 0.2) is 0 Å². The molecule has 1 aliphatic heterocycles. The summed E-state index contributed by atoms with van der Waals surface area (Å²) in [6.45, 7) is 3.77. The number of anilines is 1. The number of carbonyl (C=O) groups excluding carboxylic acids is 1. The van der Waals surface area contributed by atoms with Crippen molar-refractivity contribution < 1.29 is 4.79 Å². The second-order valence-corrected chi connectivity index (χ2v) is 4.89. The molecule has 1 aromatic rings. The summed E-state index contributed by atoms with van der Waals surface area (Å²) < 4.78 is 0. The Morgan fingerprint density at radius 1 is 1.47 bits per heavy atom. The van der Waals surface area contributed by atoms with Gasteiger partial charge in [-0.25, -0.2) is 0 Å². The fraction of sp³-hybridized carbons (Fsp3) is 0.417. The van der Waals surface area contributed by atoms with Crippen molar-refractivity contribution in [1.29, 1.82) is 0 Å². The summed E-state index contributed by atoms with van der Waals surface area (Å²) in [5.41, 5.74) is 6.32. The number of thiophene rings is 1. The maximum Gasteiger partial charge on any atom is 0.266 e. The molecule has 0 spiro atoms. The minimum Gasteiger partial charge on any atom is -0.397 e. The fourth-order valence-electron chi connectivity index (χ4n) is 1.87. The fourth-order valence-corrected chi connectivity index (χ4v) is 2.66. The molecule has 0 unspecified atom stereocenters. The molecule has 0 aromatic carbocycles. The third-order valence-corrected chi connectivity index (χ3v) is 3.78. The number of hydrogen-bond donors (Lipinski definition) is 1. The quantitative estimate of drug-likeness (QED) is 0.786. The molecule has 0 bridgehead atoms. The Morgan fingerprint density at radius 3 is 2.71 bits per heavy atom. The van der Waals surface area contributed by atoms with E-state index in [0.717, 1.165) is 26.2 Å². The van der Waals surface area contributed by atoms with Crippen LogP contribution >= 0.6 is 11.3 Å². The van der Waals surface area contributed by atoms with Crippen molar-refractivity contribution in [3.8, 4) is 12.3 Å². The van der Waals surface area contributed by atoms with Gasteiger partial charge in [0.1, 0.15) is 4.88 Å². The number of piperazine rings is 1. The lowest BCUT2D eigenvalue weighted by Gasteiger charge is -2.33. The van der Waals surface area contributed by atoms with E-state index >= 15 is 0 Å². The standard InChI is InChI=1S/C12H15N3OS/c1-2-4-14-5-7-15(8-6-14)12(16)11-10(13)3-9-17-11/h1,3,9H,4-8,13H2. The van der Waals surface area contributed by atoms with E-state index in [-0.39, 0.29) is 5.91 Å². The van der Waals surface area contributed by atoms with Gasteiger partial charge >= 0.3 is 0 Å². The van der Waals surface area contributed by atoms with Crippen LogP contribution in [0.2, 0.25) is 0 Å². The number of carbonyl (C=O) groups is 1. The Labute approximate surface area is 105 Å². The first-order valence-corrected chi connectivity index (χ1v) is 6.38. The lowest BCUT2D eigenvalue weighted by molar-refractivity contribution is 0.0658. The van der Waals surface area contributed by atoms with Gasteiger partial charge in [0.2, 0.25) is 0 Å². The lowest BCUT2D eigenvalue weighted by atomic mass is 10.3. The van der Waals surface area contributed by atoms with E-state index in [4.69, 9.17) is 12.2 Å². The summed E-state index contributed by atoms with van der Waals surface area (Å²) in [4.78, 5) is 16.8. The molecule has 2 N–H and O–H groups in total. The number of hydrogen-bond acceptors (Lipinski definition) is 4. The van der Waals surface area contributed by atoms with Crippen LogP contribution in [0.15, 0.2) is 11.4 Å². The number of nitrogens with two attached hydrogens (primary N) is 1. The highest BCUT2D eigenvalue weighted by Gasteiger charge is 2.23. The molecule has 1 saturated heterocycles. The molecular formula is C12H15N3OS. The topological polar surface area (TPSA) is 49.6 Å². The van der Waals surface area contributed by atoms with E-state index in [2.05, 4.69) is 10.8 Å². The summed E-state index contributed by atoms with van der Waals surface area (Å²) in [5, 5.41) is 1.84. The summed E-state index contributed by atoms with van der Waals surface area (Å²) in [6.07, 6.45) is 5.26. The maximum absolute atomic E-state index is 12.1. The second kappa shape index (κ2) is 5.21. The summed E-state index contributed by atoms with van der Waals surface area (Å²) in [5.74, 6) is 2.66. The van der Waals surface area contributed by atoms with Crippen molar-refractivity contribution in [2.75, 3.05) is 38.5 Å². The van der Waals surface area contributed by atoms with Crippen molar-refractivity contribution in [1.82, 2.24) is 9.80 Å². The molecule has 5 heteroatoms. The smallest absolute Gasteiger partial charge is 0.266 e. The summed E-state index contributed by atoms with van der Waals surface area (Å²) in [6, 6.07) is 1.77. The molecule has 4 nitrogen and oxygen atoms in total. The third kappa shape index (κ3) is 2.60. The van der Waals surface area contributed by atoms with E-state index in [1.807, 2.05) is 10.3 Å². The molecule has 1 amide bonds. The lowest BCUT2D eigenvalue weighted by Crippen LogP contribution is -2.48. The van der Waals surface area contributed by atoms with Crippen LogP contribution in [0.5, 0.6) is 0 Å². The first-order valence-electron chi connectivity index (χ1n) is 5.50. The average Bonchev–Trinajstić information content (AvgIpc) is 2.76. The highest BCUT2D eigenvalue weighted by molar-refractivity contribution is 7.12. The van der Waals surface area contributed by atoms with E-state index in [0.29, 0.717) is 17.1 Å². The predicted molar refractivity (Wildman–Crippen MR) is 69.9 cm³/mol. The van der Waals surface area contributed by atoms with Gasteiger partial charge in [-0.05, 0) is 11.4 Å². The van der Waals surface area contributed by atoms with E-state index in [1.54, 1.807) is 6.07 Å². The van der Waals surface area contributed by atoms with Crippen molar-refractivity contribution in [3.63, 3.8) is 0 Å². The highest BCUT2D eigenvalue weighted by atomic mass is 32.1. The van der Waals surface area contributed by atoms with Crippen molar-refractivity contribution in [2.45, 2.75) is 0 Å². The average molecular weight is 249 g/mol. The van der Waals surface area contributed by atoms with Gasteiger partial charge in [0, 0.05) is 26.2 Å². The zero-order valence-electron chi connectivity index (χ0n) is 9.56. The van der Waals surface area contributed by atoms with Crippen LogP contribution in [0.4, 0.5) is 5.69 Å². The van der Waals surface area contributed by atoms with Crippen LogP contribution in [-0.4, -0.2) is 48.4 Å². The first-order chi connectivity index (χ1) is 8.22. The van der Waals surface area contributed by atoms with E-state index < -0.39 is 0 Å². The van der Waals surface area contributed by atoms with Gasteiger partial charge in [-0.2, -0.15) is 0 Å². The zero-order chi connectivity index (χ0) is 12.3. The normalized spacial score (nSPS) is 16.8. The number of terminal acetylenes is 1. The Balaban J connectivity index is 1.96. The zero-order valence-corrected chi connectivity index (χ0v) is 10.4. The van der Waals surface area contributed by atoms with Gasteiger partial charge in [0.05, 0.1) is 12.2 Å². The minimum absolute atomic E-state index is 0.0397. The molecule has 1 aromatic heterocycles.